The third-order valence-electron chi connectivity index (χ3n) is 8.73. The summed E-state index contributed by atoms with van der Waals surface area (Å²) >= 11 is 1.44. The molecule has 2 aliphatic rings. The molecule has 5 aromatic carbocycles. The fourth-order valence-electron chi connectivity index (χ4n) is 6.53. The number of rotatable bonds is 6. The van der Waals surface area contributed by atoms with Crippen LogP contribution in [-0.2, 0) is 13.0 Å². The molecule has 8 rings (SSSR count). The molecule has 0 spiro atoms. The molecule has 1 aliphatic heterocycles. The Morgan fingerprint density at radius 1 is 0.867 bits per heavy atom. The third kappa shape index (κ3) is 4.97. The Morgan fingerprint density at radius 2 is 1.67 bits per heavy atom. The van der Waals surface area contributed by atoms with Crippen molar-refractivity contribution in [3.05, 3.63) is 168 Å². The maximum Gasteiger partial charge on any atom is 0.271 e. The van der Waals surface area contributed by atoms with E-state index < -0.39 is 0 Å². The first-order valence-electron chi connectivity index (χ1n) is 15.1. The van der Waals surface area contributed by atoms with Gasteiger partial charge in [0.15, 0.2) is 4.80 Å². The Balaban J connectivity index is 1.19. The quantitative estimate of drug-likeness (QED) is 0.204. The van der Waals surface area contributed by atoms with Crippen LogP contribution in [0.3, 0.4) is 0 Å². The minimum atomic E-state index is -0.229. The van der Waals surface area contributed by atoms with Gasteiger partial charge in [0.1, 0.15) is 18.1 Å². The van der Waals surface area contributed by atoms with Gasteiger partial charge in [0.2, 0.25) is 0 Å². The number of nitrogens with zero attached hydrogens (tertiary/aromatic N) is 2. The molecular weight excluding hydrogens is 577 g/mol. The number of benzene rings is 5. The minimum absolute atomic E-state index is 0.0351. The Morgan fingerprint density at radius 3 is 2.56 bits per heavy atom. The van der Waals surface area contributed by atoms with Crippen LogP contribution in [0.25, 0.3) is 22.5 Å². The van der Waals surface area contributed by atoms with Gasteiger partial charge >= 0.3 is 0 Å². The summed E-state index contributed by atoms with van der Waals surface area (Å²) in [7, 11) is 1.67. The molecule has 0 bridgehead atoms. The van der Waals surface area contributed by atoms with Crippen molar-refractivity contribution in [2.45, 2.75) is 25.5 Å². The smallest absolute Gasteiger partial charge is 0.271 e. The fraction of sp³-hybridized carbons (Fsp3) is 0.128. The average Bonchev–Trinajstić information content (AvgIpc) is 3.40. The van der Waals surface area contributed by atoms with Gasteiger partial charge in [0, 0.05) is 5.56 Å². The first-order chi connectivity index (χ1) is 22.2. The summed E-state index contributed by atoms with van der Waals surface area (Å²) in [5, 5.41) is 2.38. The zero-order valence-electron chi connectivity index (χ0n) is 24.8. The zero-order chi connectivity index (χ0) is 30.3. The highest BCUT2D eigenvalue weighted by Gasteiger charge is 2.32. The lowest BCUT2D eigenvalue weighted by Crippen LogP contribution is -2.38. The van der Waals surface area contributed by atoms with Crippen LogP contribution in [0.15, 0.2) is 131 Å². The maximum absolute atomic E-state index is 14.2. The molecule has 1 atom stereocenters. The highest BCUT2D eigenvalue weighted by Crippen LogP contribution is 2.41. The normalized spacial score (nSPS) is 15.7. The maximum atomic E-state index is 14.2. The molecular formula is C39H30N2O3S. The van der Waals surface area contributed by atoms with Gasteiger partial charge in [-0.2, -0.15) is 0 Å². The van der Waals surface area contributed by atoms with Crippen LogP contribution in [0, 0.1) is 0 Å². The lowest BCUT2D eigenvalue weighted by Gasteiger charge is -2.30. The van der Waals surface area contributed by atoms with E-state index in [1.807, 2.05) is 53.1 Å². The highest BCUT2D eigenvalue weighted by molar-refractivity contribution is 7.07. The molecule has 2 heterocycles. The summed E-state index contributed by atoms with van der Waals surface area (Å²) in [5.74, 6) is 1.55. The largest absolute Gasteiger partial charge is 0.497 e. The predicted molar refractivity (Wildman–Crippen MR) is 180 cm³/mol. The lowest BCUT2D eigenvalue weighted by atomic mass is 9.83. The number of thiazole rings is 1. The van der Waals surface area contributed by atoms with Gasteiger partial charge in [-0.05, 0) is 81.8 Å². The summed E-state index contributed by atoms with van der Waals surface area (Å²) in [5.41, 5.74) is 7.69. The first kappa shape index (κ1) is 27.4. The van der Waals surface area contributed by atoms with Crippen molar-refractivity contribution in [2.24, 2.45) is 4.99 Å². The van der Waals surface area contributed by atoms with Crippen molar-refractivity contribution in [1.29, 1.82) is 0 Å². The van der Waals surface area contributed by atoms with Gasteiger partial charge in [-0.1, -0.05) is 102 Å². The Kier molecular flexibility index (Phi) is 6.92. The topological polar surface area (TPSA) is 52.8 Å². The van der Waals surface area contributed by atoms with Crippen LogP contribution < -0.4 is 24.4 Å². The number of hydrogen-bond donors (Lipinski definition) is 0. The van der Waals surface area contributed by atoms with Crippen LogP contribution in [0.5, 0.6) is 11.5 Å². The number of fused-ring (bicyclic) bond motifs is 4. The van der Waals surface area contributed by atoms with Crippen molar-refractivity contribution in [2.75, 3.05) is 7.11 Å². The molecule has 6 heteroatoms. The van der Waals surface area contributed by atoms with Crippen molar-refractivity contribution in [3.8, 4) is 11.5 Å². The van der Waals surface area contributed by atoms with Gasteiger partial charge in [-0.3, -0.25) is 9.36 Å². The molecule has 0 unspecified atom stereocenters. The van der Waals surface area contributed by atoms with E-state index in [2.05, 4.69) is 72.8 Å². The molecule has 0 saturated carbocycles. The second-order valence-corrected chi connectivity index (χ2v) is 12.4. The number of hydrogen-bond acceptors (Lipinski definition) is 5. The number of ether oxygens (including phenoxy) is 2. The molecule has 5 nitrogen and oxygen atoms in total. The summed E-state index contributed by atoms with van der Waals surface area (Å²) in [6, 6.07) is 38.9. The van der Waals surface area contributed by atoms with Crippen LogP contribution in [0.1, 0.15) is 40.3 Å². The first-order valence-corrected chi connectivity index (χ1v) is 15.9. The molecule has 0 saturated heterocycles. The number of allylic oxidation sites excluding steroid dienone is 1. The number of aromatic nitrogens is 1. The molecule has 6 aromatic rings. The van der Waals surface area contributed by atoms with Crippen LogP contribution >= 0.6 is 11.3 Å². The van der Waals surface area contributed by atoms with Crippen LogP contribution in [0.4, 0.5) is 0 Å². The van der Waals surface area contributed by atoms with Gasteiger partial charge in [-0.15, -0.1) is 0 Å². The Bertz CT molecular complexity index is 2290. The summed E-state index contributed by atoms with van der Waals surface area (Å²) < 4.78 is 14.2. The van der Waals surface area contributed by atoms with E-state index in [0.717, 1.165) is 52.3 Å². The molecule has 0 N–H and O–H groups in total. The van der Waals surface area contributed by atoms with Crippen LogP contribution in [0.2, 0.25) is 0 Å². The van der Waals surface area contributed by atoms with E-state index in [4.69, 9.17) is 14.5 Å². The van der Waals surface area contributed by atoms with Crippen LogP contribution in [-0.4, -0.2) is 11.7 Å². The summed E-state index contributed by atoms with van der Waals surface area (Å²) in [4.78, 5) is 20.0. The third-order valence-corrected chi connectivity index (χ3v) is 9.72. The molecule has 0 amide bonds. The number of methoxy groups -OCH3 is 1. The van der Waals surface area contributed by atoms with Gasteiger partial charge in [0.05, 0.1) is 23.4 Å². The predicted octanol–water partition coefficient (Wildman–Crippen LogP) is 7.06. The Labute approximate surface area is 264 Å². The molecule has 0 fully saturated rings. The van der Waals surface area contributed by atoms with Crippen molar-refractivity contribution in [3.63, 3.8) is 0 Å². The van der Waals surface area contributed by atoms with Crippen molar-refractivity contribution >= 4 is 33.9 Å². The van der Waals surface area contributed by atoms with E-state index in [1.165, 1.54) is 33.2 Å². The summed E-state index contributed by atoms with van der Waals surface area (Å²) in [6.07, 6.45) is 3.73. The standard InChI is InChI=1S/C39H30N2O3S/c1-43-30-19-16-28(17-20-30)37-34-21-18-27-10-3-5-15-33(27)36(34)40-39-41(37)38(42)35(45-39)23-25-8-6-13-31(22-25)44-24-29-12-7-11-26-9-2-4-14-32(26)29/h2-17,19-20,22-23,37H,18,21,24H2,1H3/b35-23-/t37-/m0/s1. The lowest BCUT2D eigenvalue weighted by molar-refractivity contribution is 0.307. The second-order valence-electron chi connectivity index (χ2n) is 11.4. The monoisotopic (exact) mass is 606 g/mol. The average molecular weight is 607 g/mol. The molecule has 1 aliphatic carbocycles. The highest BCUT2D eigenvalue weighted by atomic mass is 32.1. The second kappa shape index (κ2) is 11.4. The fourth-order valence-corrected chi connectivity index (χ4v) is 7.53. The summed E-state index contributed by atoms with van der Waals surface area (Å²) in [6.45, 7) is 0.460. The minimum Gasteiger partial charge on any atom is -0.497 e. The zero-order valence-corrected chi connectivity index (χ0v) is 25.6. The molecule has 45 heavy (non-hydrogen) atoms. The van der Waals surface area contributed by atoms with E-state index in [1.54, 1.807) is 7.11 Å². The van der Waals surface area contributed by atoms with Gasteiger partial charge < -0.3 is 9.47 Å². The molecule has 1 aromatic heterocycles. The van der Waals surface area contributed by atoms with Crippen molar-refractivity contribution in [1.82, 2.24) is 4.57 Å². The Hall–Kier alpha value is -5.20. The van der Waals surface area contributed by atoms with E-state index in [9.17, 15) is 4.79 Å². The molecule has 0 radical (unpaired) electrons. The van der Waals surface area contributed by atoms with Gasteiger partial charge in [-0.25, -0.2) is 4.99 Å². The SMILES string of the molecule is COc1ccc([C@H]2C3=C(N=c4s/c(=C\c5cccc(OCc6cccc7ccccc67)c5)c(=O)n42)c2ccccc2CC3)cc1. The van der Waals surface area contributed by atoms with E-state index in [-0.39, 0.29) is 11.6 Å². The van der Waals surface area contributed by atoms with Gasteiger partial charge in [0.25, 0.3) is 5.56 Å². The molecule has 220 valence electrons. The van der Waals surface area contributed by atoms with E-state index in [0.29, 0.717) is 15.9 Å². The number of aryl methyl sites for hydroxylation is 1. The van der Waals surface area contributed by atoms with E-state index >= 15 is 0 Å². The van der Waals surface area contributed by atoms with Crippen molar-refractivity contribution < 1.29 is 9.47 Å².